The van der Waals surface area contributed by atoms with Crippen LogP contribution in [-0.4, -0.2) is 60.8 Å². The van der Waals surface area contributed by atoms with Crippen molar-refractivity contribution >= 4 is 35.0 Å². The van der Waals surface area contributed by atoms with Gasteiger partial charge in [-0.25, -0.2) is 4.79 Å². The van der Waals surface area contributed by atoms with Crippen LogP contribution in [0.1, 0.15) is 34.5 Å². The van der Waals surface area contributed by atoms with E-state index in [0.29, 0.717) is 37.3 Å². The molecule has 24 heavy (non-hydrogen) atoms. The predicted molar refractivity (Wildman–Crippen MR) is 91.0 cm³/mol. The van der Waals surface area contributed by atoms with Crippen molar-refractivity contribution in [3.8, 4) is 0 Å². The first-order valence-electron chi connectivity index (χ1n) is 7.91. The van der Waals surface area contributed by atoms with Gasteiger partial charge in [0.2, 0.25) is 0 Å². The second-order valence-corrected chi connectivity index (χ2v) is 5.91. The quantitative estimate of drug-likeness (QED) is 0.328. The van der Waals surface area contributed by atoms with Crippen LogP contribution in [0, 0.1) is 5.92 Å². The Balaban J connectivity index is 0.00000576. The van der Waals surface area contributed by atoms with Crippen LogP contribution in [0.25, 0.3) is 0 Å². The molecule has 1 rings (SSSR count). The van der Waals surface area contributed by atoms with E-state index in [2.05, 4.69) is 5.32 Å². The van der Waals surface area contributed by atoms with Gasteiger partial charge in [-0.05, 0) is 0 Å². The van der Waals surface area contributed by atoms with Crippen LogP contribution >= 0.6 is 12.2 Å². The first-order chi connectivity index (χ1) is 11.4. The monoisotopic (exact) mass is 362 g/mol. The normalized spacial score (nSPS) is 14.4. The summed E-state index contributed by atoms with van der Waals surface area (Å²) < 4.78 is 10.6. The number of thiocarbonyl (C=S) groups is 1. The molecule has 1 heterocycles. The summed E-state index contributed by atoms with van der Waals surface area (Å²) in [6.45, 7) is 6.06. The zero-order valence-electron chi connectivity index (χ0n) is 14.0. The minimum Gasteiger partial charge on any atom is -0.378 e. The van der Waals surface area contributed by atoms with Crippen molar-refractivity contribution in [2.24, 2.45) is 5.92 Å². The lowest BCUT2D eigenvalue weighted by molar-refractivity contribution is -0.198. The lowest BCUT2D eigenvalue weighted by atomic mass is 10.2. The number of hydrogen-bond donors (Lipinski definition) is 1. The second-order valence-electron chi connectivity index (χ2n) is 5.47. The maximum absolute atomic E-state index is 11.5. The molecule has 0 aromatic rings. The van der Waals surface area contributed by atoms with E-state index in [1.807, 2.05) is 13.8 Å². The number of carbonyl (C=O) groups excluding carboxylic acids is 3. The molecule has 0 bridgehead atoms. The molecule has 1 saturated heterocycles. The van der Waals surface area contributed by atoms with E-state index in [0.717, 1.165) is 4.99 Å². The molecule has 9 heteroatoms. The second kappa shape index (κ2) is 11.1. The van der Waals surface area contributed by atoms with Crippen LogP contribution in [0.5, 0.6) is 0 Å². The highest BCUT2D eigenvalue weighted by Crippen LogP contribution is 2.12. The van der Waals surface area contributed by atoms with Gasteiger partial charge in [0.15, 0.2) is 0 Å². The van der Waals surface area contributed by atoms with Crippen LogP contribution in [0.15, 0.2) is 0 Å². The molecule has 0 aromatic heterocycles. The van der Waals surface area contributed by atoms with Crippen molar-refractivity contribution < 1.29 is 30.1 Å². The fourth-order valence-electron chi connectivity index (χ4n) is 1.73. The Kier molecular flexibility index (Phi) is 9.43. The van der Waals surface area contributed by atoms with Crippen molar-refractivity contribution in [2.75, 3.05) is 33.0 Å². The molecule has 0 saturated carbocycles. The third-order valence-electron chi connectivity index (χ3n) is 3.09. The highest BCUT2D eigenvalue weighted by molar-refractivity contribution is 7.80. The van der Waals surface area contributed by atoms with E-state index in [4.69, 9.17) is 26.5 Å². The van der Waals surface area contributed by atoms with E-state index in [-0.39, 0.29) is 27.3 Å². The van der Waals surface area contributed by atoms with E-state index in [1.165, 1.54) is 0 Å². The molecule has 1 aliphatic heterocycles. The van der Waals surface area contributed by atoms with Gasteiger partial charge in [0.25, 0.3) is 11.8 Å². The summed E-state index contributed by atoms with van der Waals surface area (Å²) in [5.41, 5.74) is 0. The number of ether oxygens (including phenoxy) is 2. The Morgan fingerprint density at radius 2 is 1.75 bits per heavy atom. The summed E-state index contributed by atoms with van der Waals surface area (Å²) >= 11 is 5.12. The van der Waals surface area contributed by atoms with Crippen LogP contribution in [0.4, 0.5) is 0 Å². The molecule has 2 amide bonds. The lowest BCUT2D eigenvalue weighted by Crippen LogP contribution is -2.32. The number of hydrogen-bond acceptors (Lipinski definition) is 7. The average Bonchev–Trinajstić information content (AvgIpc) is 2.84. The van der Waals surface area contributed by atoms with Gasteiger partial charge in [-0.15, -0.1) is 5.06 Å². The fourth-order valence-corrected chi connectivity index (χ4v) is 1.84. The SMILES string of the molecule is CC(C)C(=S)NCCOCCOCCC(=O)ON1C(=O)CCC1=O.[HH]. The third kappa shape index (κ3) is 7.80. The molecular weight excluding hydrogens is 336 g/mol. The molecule has 0 unspecified atom stereocenters. The number of carbonyl (C=O) groups is 3. The molecule has 0 atom stereocenters. The topological polar surface area (TPSA) is 94.2 Å². The molecule has 1 aliphatic rings. The molecule has 0 aromatic carbocycles. The summed E-state index contributed by atoms with van der Waals surface area (Å²) in [6, 6.07) is 0. The Morgan fingerprint density at radius 1 is 1.17 bits per heavy atom. The lowest BCUT2D eigenvalue weighted by Gasteiger charge is -2.12. The van der Waals surface area contributed by atoms with Gasteiger partial charge in [0, 0.05) is 26.7 Å². The number of rotatable bonds is 11. The van der Waals surface area contributed by atoms with Crippen LogP contribution in [0.2, 0.25) is 0 Å². The van der Waals surface area contributed by atoms with Gasteiger partial charge in [0.1, 0.15) is 0 Å². The summed E-state index contributed by atoms with van der Waals surface area (Å²) in [5, 5.41) is 3.61. The molecule has 0 aliphatic carbocycles. The van der Waals surface area contributed by atoms with Crippen LogP contribution < -0.4 is 5.32 Å². The Hall–Kier alpha value is -1.58. The molecule has 0 spiro atoms. The van der Waals surface area contributed by atoms with Gasteiger partial charge in [-0.2, -0.15) is 0 Å². The third-order valence-corrected chi connectivity index (χ3v) is 3.71. The van der Waals surface area contributed by atoms with Crippen molar-refractivity contribution in [3.63, 3.8) is 0 Å². The highest BCUT2D eigenvalue weighted by Gasteiger charge is 2.32. The summed E-state index contributed by atoms with van der Waals surface area (Å²) in [4.78, 5) is 39.5. The van der Waals surface area contributed by atoms with E-state index in [1.54, 1.807) is 0 Å². The molecule has 0 radical (unpaired) electrons. The average molecular weight is 362 g/mol. The molecule has 1 N–H and O–H groups in total. The standard InChI is InChI=1S/C15H24N2O6S.H2/c1-11(2)15(24)16-6-8-22-10-9-21-7-5-14(20)23-17-12(18)3-4-13(17)19;/h11H,3-10H2,1-2H3,(H,16,24);1H. The number of amides is 2. The maximum atomic E-state index is 11.5. The van der Waals surface area contributed by atoms with Gasteiger partial charge < -0.3 is 19.6 Å². The molecule has 8 nitrogen and oxygen atoms in total. The number of nitrogens with one attached hydrogen (secondary N) is 1. The Bertz CT molecular complexity index is 459. The molecular formula is C15H26N2O6S. The Labute approximate surface area is 148 Å². The van der Waals surface area contributed by atoms with Crippen LogP contribution in [0.3, 0.4) is 0 Å². The minimum absolute atomic E-state index is 0. The largest absolute Gasteiger partial charge is 0.378 e. The van der Waals surface area contributed by atoms with Crippen molar-refractivity contribution in [2.45, 2.75) is 33.1 Å². The van der Waals surface area contributed by atoms with Gasteiger partial charge >= 0.3 is 5.97 Å². The Morgan fingerprint density at radius 3 is 2.33 bits per heavy atom. The van der Waals surface area contributed by atoms with Crippen molar-refractivity contribution in [1.82, 2.24) is 10.4 Å². The van der Waals surface area contributed by atoms with Gasteiger partial charge in [-0.1, -0.05) is 26.1 Å². The zero-order valence-corrected chi connectivity index (χ0v) is 14.9. The van der Waals surface area contributed by atoms with E-state index < -0.39 is 17.8 Å². The summed E-state index contributed by atoms with van der Waals surface area (Å²) in [7, 11) is 0. The van der Waals surface area contributed by atoms with Gasteiger partial charge in [0.05, 0.1) is 37.8 Å². The predicted octanol–water partition coefficient (Wildman–Crippen LogP) is 0.836. The molecule has 1 fully saturated rings. The molecule has 138 valence electrons. The first kappa shape index (κ1) is 20.5. The van der Waals surface area contributed by atoms with Gasteiger partial charge in [-0.3, -0.25) is 9.59 Å². The van der Waals surface area contributed by atoms with E-state index in [9.17, 15) is 14.4 Å². The smallest absolute Gasteiger partial charge is 0.335 e. The zero-order chi connectivity index (χ0) is 17.9. The van der Waals surface area contributed by atoms with Crippen molar-refractivity contribution in [1.29, 1.82) is 0 Å². The number of hydroxylamine groups is 2. The maximum Gasteiger partial charge on any atom is 0.335 e. The fraction of sp³-hybridized carbons (Fsp3) is 0.733. The van der Waals surface area contributed by atoms with E-state index >= 15 is 0 Å². The number of imide groups is 1. The minimum atomic E-state index is -0.675. The highest BCUT2D eigenvalue weighted by atomic mass is 32.1. The number of nitrogens with zero attached hydrogens (tertiary/aromatic N) is 1. The summed E-state index contributed by atoms with van der Waals surface area (Å²) in [6.07, 6.45) is 0.120. The van der Waals surface area contributed by atoms with Crippen LogP contribution in [-0.2, 0) is 28.7 Å². The first-order valence-corrected chi connectivity index (χ1v) is 8.32. The summed E-state index contributed by atoms with van der Waals surface area (Å²) in [5.74, 6) is -1.35. The van der Waals surface area contributed by atoms with Crippen molar-refractivity contribution in [3.05, 3.63) is 0 Å².